The summed E-state index contributed by atoms with van der Waals surface area (Å²) in [5, 5.41) is 12.6. The van der Waals surface area contributed by atoms with Crippen LogP contribution in [0.5, 0.6) is 5.75 Å². The van der Waals surface area contributed by atoms with E-state index < -0.39 is 17.6 Å². The fourth-order valence-corrected chi connectivity index (χ4v) is 2.88. The van der Waals surface area contributed by atoms with Gasteiger partial charge in [-0.25, -0.2) is 4.79 Å². The maximum absolute atomic E-state index is 12.1. The summed E-state index contributed by atoms with van der Waals surface area (Å²) in [4.78, 5) is 25.2. The standard InChI is InChI=1S/C20H22N2O5/c1-26-17-9-7-15(8-10-17)11-21-20(18(23)24)13-22(14-20)19(25)27-12-16-5-3-2-4-6-16/h2-10,21H,11-14H2,1H3,(H,23,24). The molecule has 0 radical (unpaired) electrons. The van der Waals surface area contributed by atoms with Crippen molar-refractivity contribution in [2.75, 3.05) is 20.2 Å². The molecule has 1 fully saturated rings. The van der Waals surface area contributed by atoms with E-state index in [1.54, 1.807) is 7.11 Å². The summed E-state index contributed by atoms with van der Waals surface area (Å²) in [6, 6.07) is 16.7. The zero-order valence-corrected chi connectivity index (χ0v) is 15.1. The molecule has 0 atom stereocenters. The topological polar surface area (TPSA) is 88.1 Å². The van der Waals surface area contributed by atoms with Crippen LogP contribution in [0.15, 0.2) is 54.6 Å². The number of ether oxygens (including phenoxy) is 2. The molecule has 0 spiro atoms. The second-order valence-electron chi connectivity index (χ2n) is 6.49. The number of hydrogen-bond donors (Lipinski definition) is 2. The predicted molar refractivity (Wildman–Crippen MR) is 98.4 cm³/mol. The number of benzene rings is 2. The summed E-state index contributed by atoms with van der Waals surface area (Å²) in [6.45, 7) is 0.664. The Hall–Kier alpha value is -3.06. The number of amides is 1. The van der Waals surface area contributed by atoms with Crippen LogP contribution in [0, 0.1) is 0 Å². The zero-order chi connectivity index (χ0) is 19.3. The molecule has 1 aliphatic rings. The molecule has 1 amide bonds. The number of likely N-dealkylation sites (tertiary alicyclic amines) is 1. The smallest absolute Gasteiger partial charge is 0.410 e. The minimum absolute atomic E-state index is 0.0616. The van der Waals surface area contributed by atoms with Crippen molar-refractivity contribution in [2.45, 2.75) is 18.7 Å². The van der Waals surface area contributed by atoms with Crippen molar-refractivity contribution in [3.05, 3.63) is 65.7 Å². The Bertz CT molecular complexity index is 786. The zero-order valence-electron chi connectivity index (χ0n) is 15.1. The molecule has 142 valence electrons. The molecular formula is C20H22N2O5. The quantitative estimate of drug-likeness (QED) is 0.777. The Balaban J connectivity index is 1.51. The van der Waals surface area contributed by atoms with E-state index in [0.717, 1.165) is 16.9 Å². The third-order valence-electron chi connectivity index (χ3n) is 4.58. The monoisotopic (exact) mass is 370 g/mol. The summed E-state index contributed by atoms with van der Waals surface area (Å²) in [7, 11) is 1.59. The highest BCUT2D eigenvalue weighted by atomic mass is 16.6. The Labute approximate surface area is 157 Å². The van der Waals surface area contributed by atoms with Crippen LogP contribution in [-0.2, 0) is 22.7 Å². The molecule has 0 bridgehead atoms. The van der Waals surface area contributed by atoms with Gasteiger partial charge in [0.25, 0.3) is 0 Å². The van der Waals surface area contributed by atoms with Crippen LogP contribution in [0.4, 0.5) is 4.79 Å². The summed E-state index contributed by atoms with van der Waals surface area (Å²) < 4.78 is 10.4. The molecule has 7 nitrogen and oxygen atoms in total. The van der Waals surface area contributed by atoms with Gasteiger partial charge in [-0.2, -0.15) is 0 Å². The van der Waals surface area contributed by atoms with E-state index >= 15 is 0 Å². The lowest BCUT2D eigenvalue weighted by molar-refractivity contribution is -0.151. The number of nitrogens with zero attached hydrogens (tertiary/aromatic N) is 1. The Kier molecular flexibility index (Phi) is 5.61. The van der Waals surface area contributed by atoms with Crippen molar-refractivity contribution in [3.63, 3.8) is 0 Å². The molecule has 2 aromatic rings. The second-order valence-corrected chi connectivity index (χ2v) is 6.49. The number of methoxy groups -OCH3 is 1. The average molecular weight is 370 g/mol. The molecule has 2 N–H and O–H groups in total. The normalized spacial score (nSPS) is 14.9. The van der Waals surface area contributed by atoms with E-state index in [0.29, 0.717) is 6.54 Å². The molecule has 1 aliphatic heterocycles. The highest BCUT2D eigenvalue weighted by Crippen LogP contribution is 2.24. The van der Waals surface area contributed by atoms with Gasteiger partial charge in [-0.05, 0) is 23.3 Å². The lowest BCUT2D eigenvalue weighted by atomic mass is 9.90. The van der Waals surface area contributed by atoms with Crippen molar-refractivity contribution in [3.8, 4) is 5.75 Å². The van der Waals surface area contributed by atoms with Crippen LogP contribution < -0.4 is 10.1 Å². The van der Waals surface area contributed by atoms with Gasteiger partial charge in [-0.15, -0.1) is 0 Å². The third kappa shape index (κ3) is 4.38. The van der Waals surface area contributed by atoms with Gasteiger partial charge in [0.2, 0.25) is 0 Å². The van der Waals surface area contributed by atoms with Gasteiger partial charge in [0.15, 0.2) is 5.54 Å². The molecule has 1 saturated heterocycles. The van der Waals surface area contributed by atoms with Crippen LogP contribution in [0.3, 0.4) is 0 Å². The minimum atomic E-state index is -1.16. The number of aliphatic carboxylic acids is 1. The van der Waals surface area contributed by atoms with E-state index in [1.807, 2.05) is 54.6 Å². The predicted octanol–water partition coefficient (Wildman–Crippen LogP) is 2.26. The van der Waals surface area contributed by atoms with Crippen molar-refractivity contribution in [1.29, 1.82) is 0 Å². The fourth-order valence-electron chi connectivity index (χ4n) is 2.88. The lowest BCUT2D eigenvalue weighted by Crippen LogP contribution is -2.74. The first kappa shape index (κ1) is 18.7. The summed E-state index contributed by atoms with van der Waals surface area (Å²) in [5.74, 6) is -0.245. The van der Waals surface area contributed by atoms with E-state index in [2.05, 4.69) is 5.32 Å². The van der Waals surface area contributed by atoms with Gasteiger partial charge in [-0.3, -0.25) is 10.1 Å². The van der Waals surface area contributed by atoms with E-state index in [9.17, 15) is 14.7 Å². The number of carbonyl (C=O) groups excluding carboxylic acids is 1. The Morgan fingerprint density at radius 1 is 1.07 bits per heavy atom. The number of carbonyl (C=O) groups is 2. The lowest BCUT2D eigenvalue weighted by Gasteiger charge is -2.46. The minimum Gasteiger partial charge on any atom is -0.497 e. The SMILES string of the molecule is COc1ccc(CNC2(C(=O)O)CN(C(=O)OCc3ccccc3)C2)cc1. The van der Waals surface area contributed by atoms with Gasteiger partial charge in [-0.1, -0.05) is 42.5 Å². The molecule has 2 aromatic carbocycles. The molecule has 3 rings (SSSR count). The number of hydrogen-bond acceptors (Lipinski definition) is 5. The van der Waals surface area contributed by atoms with Crippen molar-refractivity contribution < 1.29 is 24.2 Å². The van der Waals surface area contributed by atoms with Gasteiger partial charge in [0, 0.05) is 6.54 Å². The van der Waals surface area contributed by atoms with Crippen LogP contribution in [0.25, 0.3) is 0 Å². The van der Waals surface area contributed by atoms with Gasteiger partial charge < -0.3 is 19.5 Å². The first-order valence-corrected chi connectivity index (χ1v) is 8.59. The Morgan fingerprint density at radius 3 is 2.33 bits per heavy atom. The molecular weight excluding hydrogens is 348 g/mol. The molecule has 0 aromatic heterocycles. The van der Waals surface area contributed by atoms with E-state index in [1.165, 1.54) is 4.90 Å². The molecule has 7 heteroatoms. The van der Waals surface area contributed by atoms with Crippen LogP contribution in [0.1, 0.15) is 11.1 Å². The fraction of sp³-hybridized carbons (Fsp3) is 0.300. The molecule has 1 heterocycles. The first-order chi connectivity index (χ1) is 13.0. The average Bonchev–Trinajstić information content (AvgIpc) is 2.66. The number of carboxylic acids is 1. The van der Waals surface area contributed by atoms with Gasteiger partial charge in [0.05, 0.1) is 20.2 Å². The summed E-state index contributed by atoms with van der Waals surface area (Å²) in [5.41, 5.74) is 0.654. The molecule has 0 aliphatic carbocycles. The highest BCUT2D eigenvalue weighted by Gasteiger charge is 2.51. The largest absolute Gasteiger partial charge is 0.497 e. The maximum Gasteiger partial charge on any atom is 0.410 e. The van der Waals surface area contributed by atoms with Crippen LogP contribution >= 0.6 is 0 Å². The summed E-state index contributed by atoms with van der Waals surface area (Å²) >= 11 is 0. The number of carboxylic acid groups (broad SMARTS) is 1. The molecule has 0 unspecified atom stereocenters. The van der Waals surface area contributed by atoms with E-state index in [-0.39, 0.29) is 19.7 Å². The van der Waals surface area contributed by atoms with Crippen LogP contribution in [0.2, 0.25) is 0 Å². The Morgan fingerprint density at radius 2 is 1.74 bits per heavy atom. The molecule has 27 heavy (non-hydrogen) atoms. The maximum atomic E-state index is 12.1. The summed E-state index contributed by atoms with van der Waals surface area (Å²) in [6.07, 6.45) is -0.512. The third-order valence-corrected chi connectivity index (χ3v) is 4.58. The van der Waals surface area contributed by atoms with Gasteiger partial charge >= 0.3 is 12.1 Å². The number of nitrogens with one attached hydrogen (secondary N) is 1. The van der Waals surface area contributed by atoms with E-state index in [4.69, 9.17) is 9.47 Å². The first-order valence-electron chi connectivity index (χ1n) is 8.59. The van der Waals surface area contributed by atoms with Gasteiger partial charge in [0.1, 0.15) is 12.4 Å². The van der Waals surface area contributed by atoms with Crippen molar-refractivity contribution in [2.24, 2.45) is 0 Å². The number of rotatable bonds is 7. The molecule has 0 saturated carbocycles. The highest BCUT2D eigenvalue weighted by molar-refractivity contribution is 5.84. The van der Waals surface area contributed by atoms with Crippen molar-refractivity contribution >= 4 is 12.1 Å². The van der Waals surface area contributed by atoms with Crippen LogP contribution in [-0.4, -0.2) is 47.8 Å². The second kappa shape index (κ2) is 8.09. The van der Waals surface area contributed by atoms with Crippen molar-refractivity contribution in [1.82, 2.24) is 10.2 Å².